The number of carboxylic acid groups (broad SMARTS) is 1. The molecule has 0 atom stereocenters. The van der Waals surface area contributed by atoms with Crippen LogP contribution in [0.2, 0.25) is 0 Å². The number of hydrogen-bond donors (Lipinski definition) is 2. The Bertz CT molecular complexity index is 693. The molecule has 2 heterocycles. The second-order valence-electron chi connectivity index (χ2n) is 3.42. The highest BCUT2D eigenvalue weighted by atomic mass is 16.6. The monoisotopic (exact) mass is 245 g/mol. The number of carboxylic acids is 1. The Morgan fingerprint density at radius 3 is 3.06 bits per heavy atom. The number of fused-ring (bicyclic) bond motifs is 1. The quantitative estimate of drug-likeness (QED) is 0.470. The number of aliphatic carboxylic acids is 1. The number of rotatable bonds is 2. The number of pyridine rings is 1. The molecule has 0 aliphatic carbocycles. The standard InChI is InChI=1S/C11H7N3O4/c15-10(16)3-1-2-7-4-8-9(14(17)18)6-13-11(8)12-5-7/h4-6H,3H2,(H,12,13)(H,15,16). The summed E-state index contributed by atoms with van der Waals surface area (Å²) in [5.41, 5.74) is 0.747. The lowest BCUT2D eigenvalue weighted by Gasteiger charge is -1.91. The summed E-state index contributed by atoms with van der Waals surface area (Å²) in [6.07, 6.45) is 2.40. The van der Waals surface area contributed by atoms with Crippen molar-refractivity contribution in [1.82, 2.24) is 9.97 Å². The zero-order chi connectivity index (χ0) is 13.1. The molecule has 0 bridgehead atoms. The van der Waals surface area contributed by atoms with E-state index in [1.165, 1.54) is 18.5 Å². The molecule has 2 N–H and O–H groups in total. The van der Waals surface area contributed by atoms with Crippen LogP contribution >= 0.6 is 0 Å². The van der Waals surface area contributed by atoms with E-state index in [-0.39, 0.29) is 12.1 Å². The Kier molecular flexibility index (Phi) is 2.93. The van der Waals surface area contributed by atoms with E-state index < -0.39 is 10.9 Å². The molecule has 0 saturated carbocycles. The summed E-state index contributed by atoms with van der Waals surface area (Å²) < 4.78 is 0. The molecule has 2 aromatic heterocycles. The lowest BCUT2D eigenvalue weighted by molar-refractivity contribution is -0.383. The van der Waals surface area contributed by atoms with Crippen LogP contribution < -0.4 is 0 Å². The van der Waals surface area contributed by atoms with E-state index in [0.29, 0.717) is 16.6 Å². The summed E-state index contributed by atoms with van der Waals surface area (Å²) in [5, 5.41) is 19.5. The molecule has 0 radical (unpaired) electrons. The number of aromatic nitrogens is 2. The molecule has 0 amide bonds. The largest absolute Gasteiger partial charge is 0.481 e. The van der Waals surface area contributed by atoms with Gasteiger partial charge in [-0.15, -0.1) is 0 Å². The number of hydrogen-bond acceptors (Lipinski definition) is 4. The average Bonchev–Trinajstić information content (AvgIpc) is 2.71. The lowest BCUT2D eigenvalue weighted by atomic mass is 10.2. The highest BCUT2D eigenvalue weighted by molar-refractivity contribution is 5.86. The number of aromatic amines is 1. The summed E-state index contributed by atoms with van der Waals surface area (Å²) in [6, 6.07) is 1.51. The third kappa shape index (κ3) is 2.27. The van der Waals surface area contributed by atoms with Crippen LogP contribution in [0.4, 0.5) is 5.69 Å². The van der Waals surface area contributed by atoms with E-state index in [2.05, 4.69) is 21.8 Å². The third-order valence-electron chi connectivity index (χ3n) is 2.18. The van der Waals surface area contributed by atoms with Gasteiger partial charge in [0.1, 0.15) is 12.1 Å². The highest BCUT2D eigenvalue weighted by Gasteiger charge is 2.14. The third-order valence-corrected chi connectivity index (χ3v) is 2.18. The Morgan fingerprint density at radius 2 is 2.39 bits per heavy atom. The zero-order valence-corrected chi connectivity index (χ0v) is 9.01. The van der Waals surface area contributed by atoms with Crippen LogP contribution in [0.25, 0.3) is 11.0 Å². The molecule has 7 nitrogen and oxygen atoms in total. The van der Waals surface area contributed by atoms with Gasteiger partial charge in [-0.05, 0) is 6.07 Å². The Morgan fingerprint density at radius 1 is 1.61 bits per heavy atom. The minimum atomic E-state index is -1.02. The van der Waals surface area contributed by atoms with Gasteiger partial charge in [-0.25, -0.2) is 4.98 Å². The molecule has 0 aliphatic rings. The molecule has 0 aliphatic heterocycles. The zero-order valence-electron chi connectivity index (χ0n) is 9.01. The molecule has 0 spiro atoms. The van der Waals surface area contributed by atoms with Crippen molar-refractivity contribution in [3.05, 3.63) is 34.1 Å². The molecule has 18 heavy (non-hydrogen) atoms. The molecule has 0 saturated heterocycles. The van der Waals surface area contributed by atoms with Gasteiger partial charge in [0.25, 0.3) is 5.69 Å². The van der Waals surface area contributed by atoms with Crippen molar-refractivity contribution in [3.8, 4) is 11.8 Å². The molecule has 2 rings (SSSR count). The van der Waals surface area contributed by atoms with Gasteiger partial charge in [-0.3, -0.25) is 14.9 Å². The van der Waals surface area contributed by atoms with E-state index in [0.717, 1.165) is 0 Å². The number of carbonyl (C=O) groups is 1. The average molecular weight is 245 g/mol. The van der Waals surface area contributed by atoms with E-state index >= 15 is 0 Å². The second-order valence-corrected chi connectivity index (χ2v) is 3.42. The Labute approximate surface area is 101 Å². The maximum Gasteiger partial charge on any atom is 0.315 e. The number of nitrogens with zero attached hydrogens (tertiary/aromatic N) is 2. The number of H-pyrrole nitrogens is 1. The van der Waals surface area contributed by atoms with Crippen LogP contribution in [-0.4, -0.2) is 26.0 Å². The highest BCUT2D eigenvalue weighted by Crippen LogP contribution is 2.23. The minimum Gasteiger partial charge on any atom is -0.481 e. The molecule has 0 unspecified atom stereocenters. The fourth-order valence-corrected chi connectivity index (χ4v) is 1.43. The predicted octanol–water partition coefficient (Wildman–Crippen LogP) is 1.30. The van der Waals surface area contributed by atoms with E-state index in [4.69, 9.17) is 5.11 Å². The van der Waals surface area contributed by atoms with Gasteiger partial charge < -0.3 is 10.1 Å². The van der Waals surface area contributed by atoms with Gasteiger partial charge >= 0.3 is 5.97 Å². The van der Waals surface area contributed by atoms with Gasteiger partial charge in [0.15, 0.2) is 0 Å². The van der Waals surface area contributed by atoms with Gasteiger partial charge in [-0.2, -0.15) is 0 Å². The van der Waals surface area contributed by atoms with Crippen molar-refractivity contribution < 1.29 is 14.8 Å². The first-order chi connectivity index (χ1) is 8.58. The van der Waals surface area contributed by atoms with Gasteiger partial charge in [0, 0.05) is 11.8 Å². The smallest absolute Gasteiger partial charge is 0.315 e. The molecule has 2 aromatic rings. The SMILES string of the molecule is O=C(O)CC#Cc1cnc2[nH]cc([N+](=O)[O-])c2c1. The first-order valence-electron chi connectivity index (χ1n) is 4.90. The summed E-state index contributed by atoms with van der Waals surface area (Å²) >= 11 is 0. The van der Waals surface area contributed by atoms with Gasteiger partial charge in [-0.1, -0.05) is 11.8 Å². The summed E-state index contributed by atoms with van der Waals surface area (Å²) in [7, 11) is 0. The van der Waals surface area contributed by atoms with Crippen molar-refractivity contribution in [2.24, 2.45) is 0 Å². The van der Waals surface area contributed by atoms with Crippen LogP contribution in [0.1, 0.15) is 12.0 Å². The molecule has 0 aromatic carbocycles. The van der Waals surface area contributed by atoms with E-state index in [9.17, 15) is 14.9 Å². The molecular weight excluding hydrogens is 238 g/mol. The predicted molar refractivity (Wildman–Crippen MR) is 61.9 cm³/mol. The normalized spacial score (nSPS) is 9.78. The van der Waals surface area contributed by atoms with Crippen molar-refractivity contribution in [2.75, 3.05) is 0 Å². The van der Waals surface area contributed by atoms with Crippen LogP contribution in [0, 0.1) is 22.0 Å². The maximum absolute atomic E-state index is 10.7. The number of nitrogens with one attached hydrogen (secondary N) is 1. The molecule has 7 heteroatoms. The summed E-state index contributed by atoms with van der Waals surface area (Å²) in [4.78, 5) is 27.2. The Balaban J connectivity index is 2.41. The number of nitro groups is 1. The van der Waals surface area contributed by atoms with Gasteiger partial charge in [0.2, 0.25) is 0 Å². The van der Waals surface area contributed by atoms with Crippen molar-refractivity contribution in [1.29, 1.82) is 0 Å². The van der Waals surface area contributed by atoms with Crippen LogP contribution in [0.5, 0.6) is 0 Å². The molecular formula is C11H7N3O4. The van der Waals surface area contributed by atoms with Crippen LogP contribution in [0.3, 0.4) is 0 Å². The topological polar surface area (TPSA) is 109 Å². The summed E-state index contributed by atoms with van der Waals surface area (Å²) in [5.74, 6) is 4.01. The van der Waals surface area contributed by atoms with E-state index in [1.807, 2.05) is 0 Å². The maximum atomic E-state index is 10.7. The fourth-order valence-electron chi connectivity index (χ4n) is 1.43. The first-order valence-corrected chi connectivity index (χ1v) is 4.90. The first kappa shape index (κ1) is 11.6. The lowest BCUT2D eigenvalue weighted by Crippen LogP contribution is -1.90. The van der Waals surface area contributed by atoms with Gasteiger partial charge in [0.05, 0.1) is 16.5 Å². The molecule has 0 fully saturated rings. The van der Waals surface area contributed by atoms with Crippen LogP contribution in [-0.2, 0) is 4.79 Å². The minimum absolute atomic E-state index is 0.0839. The van der Waals surface area contributed by atoms with Crippen LogP contribution in [0.15, 0.2) is 18.5 Å². The van der Waals surface area contributed by atoms with Crippen molar-refractivity contribution in [3.63, 3.8) is 0 Å². The summed E-state index contributed by atoms with van der Waals surface area (Å²) in [6.45, 7) is 0. The van der Waals surface area contributed by atoms with E-state index in [1.54, 1.807) is 0 Å². The molecule has 90 valence electrons. The Hall–Kier alpha value is -2.88. The second kappa shape index (κ2) is 4.55. The van der Waals surface area contributed by atoms with Crippen molar-refractivity contribution in [2.45, 2.75) is 6.42 Å². The van der Waals surface area contributed by atoms with Crippen molar-refractivity contribution >= 4 is 22.7 Å². The fraction of sp³-hybridized carbons (Fsp3) is 0.0909.